The van der Waals surface area contributed by atoms with Crippen molar-refractivity contribution < 1.29 is 532 Å². The Bertz CT molecular complexity index is 1500. The van der Waals surface area contributed by atoms with E-state index in [0.717, 1.165) is 153 Å². The second-order valence-electron chi connectivity index (χ2n) is 25.3. The summed E-state index contributed by atoms with van der Waals surface area (Å²) in [7, 11) is 0. The summed E-state index contributed by atoms with van der Waals surface area (Å²) >= 11 is 0. The summed E-state index contributed by atoms with van der Waals surface area (Å²) < 4.78 is 0. The molecule has 0 aromatic heterocycles. The smallest absolute Gasteiger partial charge is 0.191 e. The van der Waals surface area contributed by atoms with Crippen LogP contribution in [-0.2, 0) is 9.78 Å². The summed E-state index contributed by atoms with van der Waals surface area (Å²) in [5, 5.41) is 161. The van der Waals surface area contributed by atoms with Crippen molar-refractivity contribution in [1.82, 2.24) is 0 Å². The first kappa shape index (κ1) is 186. The van der Waals surface area contributed by atoms with E-state index in [0.29, 0.717) is 37.8 Å². The predicted molar refractivity (Wildman–Crippen MR) is 363 cm³/mol. The molecule has 0 aromatic carbocycles. The van der Waals surface area contributed by atoms with E-state index in [1.54, 1.807) is 0 Å². The molecule has 728 valence electrons. The van der Waals surface area contributed by atoms with E-state index in [2.05, 4.69) is 0 Å². The number of aliphatic hydroxyl groups excluding tert-OH is 9. The molecule has 41 nitrogen and oxygen atoms in total. The first-order valence-corrected chi connectivity index (χ1v) is 30.5. The molecule has 107 heavy (non-hydrogen) atoms. The van der Waals surface area contributed by atoms with Gasteiger partial charge in [0.05, 0.1) is 18.3 Å². The quantitative estimate of drug-likeness (QED) is 0.0411. The maximum absolute atomic E-state index is 10.9. The predicted octanol–water partition coefficient (Wildman–Crippen LogP) is -7.57. The van der Waals surface area contributed by atoms with Crippen LogP contribution in [0.4, 0.5) is 0 Å². The molecule has 2 aliphatic heterocycles. The number of rotatable bonds is 15. The monoisotopic (exact) mass is 2970 g/mol. The van der Waals surface area contributed by atoms with Gasteiger partial charge in [0.2, 0.25) is 0 Å². The third-order valence-electron chi connectivity index (χ3n) is 20.9. The zero-order valence-electron chi connectivity index (χ0n) is 59.1. The van der Waals surface area contributed by atoms with Crippen LogP contribution in [0.3, 0.4) is 0 Å². The number of nitrogens with zero attached hydrogens (tertiary/aromatic N) is 2. The molecule has 9 aliphatic rings. The van der Waals surface area contributed by atoms with Crippen molar-refractivity contribution in [3.8, 4) is 0 Å². The van der Waals surface area contributed by atoms with Gasteiger partial charge in [-0.15, -0.1) is 25.2 Å². The van der Waals surface area contributed by atoms with Gasteiger partial charge in [0.15, 0.2) is 37.7 Å². The Balaban J connectivity index is -0.0000000383. The number of piperidine rings is 2. The van der Waals surface area contributed by atoms with Crippen LogP contribution in [0.1, 0.15) is 193 Å². The first-order chi connectivity index (χ1) is 37.6. The van der Waals surface area contributed by atoms with Gasteiger partial charge < -0.3 is 188 Å². The van der Waals surface area contributed by atoms with Crippen molar-refractivity contribution >= 4 is 0 Å². The van der Waals surface area contributed by atoms with Crippen molar-refractivity contribution in [3.63, 3.8) is 0 Å². The van der Waals surface area contributed by atoms with Crippen LogP contribution in [-0.4, -0.2) is 267 Å². The third kappa shape index (κ3) is 63.2. The second kappa shape index (κ2) is 104. The van der Waals surface area contributed by atoms with E-state index >= 15 is 0 Å². The number of nitrogens with two attached hydrogens (primary N) is 2. The maximum Gasteiger partial charge on any atom is 0.191 e. The van der Waals surface area contributed by atoms with Crippen molar-refractivity contribution in [3.05, 3.63) is 22.9 Å². The molecule has 8 atom stereocenters. The molecule has 0 spiro atoms. The molecule has 0 radical (unpaired) electrons. The normalized spacial score (nSPS) is 28.0. The number of hydrogen-bond acceptors (Lipinski definition) is 19. The van der Waals surface area contributed by atoms with Crippen LogP contribution in [0.2, 0.25) is 0 Å². The van der Waals surface area contributed by atoms with Gasteiger partial charge >= 0.3 is 0 Å². The first-order valence-electron chi connectivity index (χ1n) is 30.5. The second-order valence-corrected chi connectivity index (χ2v) is 25.3. The molecule has 9 rings (SSSR count). The Morgan fingerprint density at radius 3 is 0.495 bits per heavy atom. The molecule has 7 saturated carbocycles. The van der Waals surface area contributed by atoms with E-state index in [-0.39, 0.29) is 524 Å². The van der Waals surface area contributed by atoms with E-state index in [9.17, 15) is 66.4 Å². The summed E-state index contributed by atoms with van der Waals surface area (Å²) in [6.45, 7) is 2.22. The Hall–Kier alpha value is 9.58. The largest absolute Gasteiger partial charge is 0.693 e. The van der Waals surface area contributed by atoms with Gasteiger partial charge in [-0.3, -0.25) is 21.0 Å². The molecule has 50 heteroatoms. The molecule has 7 aliphatic carbocycles. The molecular weight excluding hydrogens is 2840 g/mol. The van der Waals surface area contributed by atoms with Gasteiger partial charge in [0.25, 0.3) is 0 Å². The van der Waals surface area contributed by atoms with Crippen molar-refractivity contribution in [2.24, 2.45) is 82.9 Å². The zero-order valence-corrected chi connectivity index (χ0v) is 75.8. The fraction of sp³-hybridized carbons (Fsp3) is 1.00. The Kier molecular flexibility index (Phi) is 181. The summed E-state index contributed by atoms with van der Waals surface area (Å²) in [5.74, 6) is 2.48. The van der Waals surface area contributed by atoms with Crippen LogP contribution >= 0.6 is 0 Å². The number of fused-ring (bicyclic) bond motifs is 3. The number of hydrogen-bond donors (Lipinski definition) is 17. The Morgan fingerprint density at radius 2 is 0.346 bits per heavy atom. The summed E-state index contributed by atoms with van der Waals surface area (Å²) in [6, 6.07) is 1.26. The van der Waals surface area contributed by atoms with E-state index in [1.165, 1.54) is 38.5 Å². The van der Waals surface area contributed by atoms with Crippen molar-refractivity contribution in [1.29, 1.82) is 0 Å². The molecule has 2 heterocycles. The van der Waals surface area contributed by atoms with E-state index < -0.39 is 49.9 Å². The average Bonchev–Trinajstić information content (AvgIpc) is 0.811. The van der Waals surface area contributed by atoms with Gasteiger partial charge in [-0.2, -0.15) is 0 Å². The Morgan fingerprint density at radius 1 is 0.206 bits per heavy atom. The minimum Gasteiger partial charge on any atom is -0.693 e. The minimum atomic E-state index is -1.27. The van der Waals surface area contributed by atoms with Crippen LogP contribution in [0.15, 0.2) is 0 Å². The third-order valence-corrected chi connectivity index (χ3v) is 20.9. The number of aliphatic hydroxyl groups is 13. The van der Waals surface area contributed by atoms with Gasteiger partial charge in [-0.25, -0.2) is 9.78 Å². The maximum atomic E-state index is 10.9. The molecular formula is C57H146Er9N4O37-4. The molecule has 2 saturated heterocycles. The topological polar surface area (TPSA) is 1020 Å². The Labute approximate surface area is 895 Å². The molecule has 0 bridgehead atoms. The minimum absolute atomic E-state index is 0. The summed E-state index contributed by atoms with van der Waals surface area (Å²) in [5.41, 5.74) is 0. The van der Waals surface area contributed by atoms with Gasteiger partial charge in [-0.05, 0) is 190 Å². The van der Waals surface area contributed by atoms with Gasteiger partial charge in [-0.1, -0.05) is 50.4 Å². The van der Waals surface area contributed by atoms with Gasteiger partial charge in [0, 0.05) is 371 Å². The van der Waals surface area contributed by atoms with Crippen LogP contribution < -0.4 is 0 Å². The van der Waals surface area contributed by atoms with Crippen LogP contribution in [0.25, 0.3) is 22.9 Å². The summed E-state index contributed by atoms with van der Waals surface area (Å²) in [6.07, 6.45) is 18.5. The molecule has 8 unspecified atom stereocenters. The fourth-order valence-electron chi connectivity index (χ4n) is 15.8. The standard InChI is InChI=1S/C30H54O10.C15H28O5.C12H20N2.9Er.2H2N.2H2O2.18H2O/c31-25(17-1-9-21(10-2-17)27(33)34)19-5-13-23(14-6-19)29(37)39-40-30(38)24-15-7-20(8-16-24)26(32)18-3-11-22(12-4-18)28(35)36;16-13(9-1-5-11(6-2-9)14(17)18)10-3-7-12(8-4-10)15(19)20;1-3-9-5-6-10-4-2-8-14-12(10)11(9)13-7-1;;;;;;;;;;;;2*1-2;;;;;;;;;;;;;;;;;;/h17-38H,1-16H2;9-20H,1-8H2;9-12H,1-8H2;;;;;;;;;;2*1H2;2*1-2H;18*1H2/q;;-2;;;;;;;;;;2*-1;;;;;;;;;;;;;;;;;;;;. The van der Waals surface area contributed by atoms with Crippen LogP contribution in [0.5, 0.6) is 0 Å². The molecule has 57 N–H and O–H groups in total. The van der Waals surface area contributed by atoms with Gasteiger partial charge in [0.1, 0.15) is 0 Å². The average molecular weight is 2990 g/mol. The molecule has 9 fully saturated rings. The fourth-order valence-corrected chi connectivity index (χ4v) is 15.8. The van der Waals surface area contributed by atoms with Crippen LogP contribution in [0, 0.1) is 419 Å². The van der Waals surface area contributed by atoms with Crippen molar-refractivity contribution in [2.45, 2.75) is 261 Å². The molecule has 0 amide bonds. The summed E-state index contributed by atoms with van der Waals surface area (Å²) in [4.78, 5) is 10.5. The van der Waals surface area contributed by atoms with E-state index in [4.69, 9.17) is 41.4 Å². The van der Waals surface area contributed by atoms with E-state index in [1.807, 2.05) is 0 Å². The zero-order chi connectivity index (χ0) is 56.9. The SMILES string of the molecule is C1C[N-]C2C(C1)CCC1CCC[N-]C12.O.O.O.O.O.O.O.O.O.O.O.O.O.O.O.O.O.O.OC(O)C1CCC(C(O)C2CCC(C(O)O)CC2)CC1.OC(O)C1CCC(C(O)C2CCC(C(O)OOC(O)C3CCC(C(O)C4CCC(C(O)O)CC4)CC3)CC2)CC1.OO.OO.[Er].[Er].[Er].[Er].[Er].[Er].[Er].[Er].[Er].[NH2-].[NH2-]. The van der Waals surface area contributed by atoms with Crippen molar-refractivity contribution in [2.75, 3.05) is 13.1 Å². The molecule has 0 aromatic rings.